The number of rotatable bonds is 8. The molecule has 0 radical (unpaired) electrons. The summed E-state index contributed by atoms with van der Waals surface area (Å²) in [7, 11) is 0. The molecule has 1 heterocycles. The molecule has 8 nitrogen and oxygen atoms in total. The number of aromatic nitrogens is 3. The Kier molecular flexibility index (Phi) is 5.88. The van der Waals surface area contributed by atoms with E-state index >= 15 is 0 Å². The second-order valence-corrected chi connectivity index (χ2v) is 5.72. The summed E-state index contributed by atoms with van der Waals surface area (Å²) < 4.78 is 1.26. The molecule has 1 atom stereocenters. The molecule has 9 heteroatoms. The molecule has 0 aliphatic heterocycles. The summed E-state index contributed by atoms with van der Waals surface area (Å²) in [5.41, 5.74) is 6.37. The monoisotopic (exact) mass is 352 g/mol. The topological polar surface area (TPSA) is 131 Å². The lowest BCUT2D eigenvalue weighted by Crippen LogP contribution is -2.30. The average molecular weight is 353 g/mol. The van der Waals surface area contributed by atoms with Crippen LogP contribution < -0.4 is 5.73 Å². The van der Waals surface area contributed by atoms with E-state index in [0.717, 1.165) is 5.56 Å². The van der Waals surface area contributed by atoms with Gasteiger partial charge in [-0.1, -0.05) is 23.7 Å². The van der Waals surface area contributed by atoms with Gasteiger partial charge in [0.15, 0.2) is 5.82 Å². The molecule has 24 heavy (non-hydrogen) atoms. The van der Waals surface area contributed by atoms with E-state index in [-0.39, 0.29) is 19.4 Å². The first-order chi connectivity index (χ1) is 11.3. The second-order valence-electron chi connectivity index (χ2n) is 5.29. The van der Waals surface area contributed by atoms with Crippen molar-refractivity contribution in [3.8, 4) is 0 Å². The molecule has 0 saturated heterocycles. The van der Waals surface area contributed by atoms with Crippen LogP contribution in [0, 0.1) is 0 Å². The molecule has 1 aromatic heterocycles. The molecule has 0 bridgehead atoms. The lowest BCUT2D eigenvalue weighted by Gasteiger charge is -2.06. The third kappa shape index (κ3) is 5.04. The van der Waals surface area contributed by atoms with Crippen LogP contribution in [0.1, 0.15) is 23.6 Å². The summed E-state index contributed by atoms with van der Waals surface area (Å²) in [5.74, 6) is -1.33. The summed E-state index contributed by atoms with van der Waals surface area (Å²) in [6.07, 6.45) is 0.763. The first-order valence-corrected chi connectivity index (χ1v) is 7.60. The molecule has 4 N–H and O–H groups in total. The van der Waals surface area contributed by atoms with Crippen LogP contribution >= 0.6 is 11.6 Å². The number of halogens is 1. The second kappa shape index (κ2) is 7.89. The highest BCUT2D eigenvalue weighted by Crippen LogP contribution is 2.14. The van der Waals surface area contributed by atoms with Crippen molar-refractivity contribution in [1.29, 1.82) is 0 Å². The number of nitrogens with two attached hydrogens (primary N) is 1. The molecule has 2 aromatic rings. The number of aliphatic carboxylic acids is 2. The largest absolute Gasteiger partial charge is 0.480 e. The van der Waals surface area contributed by atoms with Gasteiger partial charge in [-0.3, -0.25) is 9.59 Å². The summed E-state index contributed by atoms with van der Waals surface area (Å²) >= 11 is 5.94. The van der Waals surface area contributed by atoms with E-state index in [4.69, 9.17) is 27.5 Å². The zero-order valence-corrected chi connectivity index (χ0v) is 13.5. The molecule has 0 fully saturated rings. The maximum Gasteiger partial charge on any atom is 0.325 e. The normalized spacial score (nSPS) is 12.1. The van der Waals surface area contributed by atoms with Crippen molar-refractivity contribution in [2.45, 2.75) is 31.8 Å². The summed E-state index contributed by atoms with van der Waals surface area (Å²) in [6.45, 7) is -0.347. The molecule has 0 saturated carbocycles. The minimum absolute atomic E-state index is 0.143. The lowest BCUT2D eigenvalue weighted by atomic mass is 10.1. The number of carbonyl (C=O) groups is 2. The van der Waals surface area contributed by atoms with Crippen LogP contribution in [0.3, 0.4) is 0 Å². The Morgan fingerprint density at radius 1 is 1.33 bits per heavy atom. The zero-order chi connectivity index (χ0) is 17.7. The predicted octanol–water partition coefficient (Wildman–Crippen LogP) is 0.951. The Bertz CT molecular complexity index is 747. The van der Waals surface area contributed by atoms with Gasteiger partial charge >= 0.3 is 11.9 Å². The van der Waals surface area contributed by atoms with Gasteiger partial charge < -0.3 is 15.9 Å². The molecule has 128 valence electrons. The van der Waals surface area contributed by atoms with Gasteiger partial charge in [0.05, 0.1) is 0 Å². The van der Waals surface area contributed by atoms with Crippen LogP contribution in [0.4, 0.5) is 0 Å². The number of aryl methyl sites for hydroxylation is 1. The number of benzene rings is 1. The van der Waals surface area contributed by atoms with E-state index in [9.17, 15) is 9.59 Å². The molecule has 0 amide bonds. The van der Waals surface area contributed by atoms with Crippen molar-refractivity contribution in [3.05, 3.63) is 46.5 Å². The van der Waals surface area contributed by atoms with E-state index in [0.29, 0.717) is 23.1 Å². The van der Waals surface area contributed by atoms with Crippen LogP contribution in [-0.4, -0.2) is 43.0 Å². The number of carboxylic acid groups (broad SMARTS) is 2. The Morgan fingerprint density at radius 3 is 2.71 bits per heavy atom. The van der Waals surface area contributed by atoms with Crippen LogP contribution in [0.25, 0.3) is 0 Å². The number of hydrogen-bond acceptors (Lipinski definition) is 5. The van der Waals surface area contributed by atoms with Gasteiger partial charge in [-0.25, -0.2) is 9.67 Å². The maximum atomic E-state index is 11.0. The Labute approximate surface area is 142 Å². The molecular formula is C15H17ClN4O4. The molecular weight excluding hydrogens is 336 g/mol. The van der Waals surface area contributed by atoms with Gasteiger partial charge in [0, 0.05) is 17.9 Å². The smallest absolute Gasteiger partial charge is 0.325 e. The predicted molar refractivity (Wildman–Crippen MR) is 85.8 cm³/mol. The van der Waals surface area contributed by atoms with Crippen LogP contribution in [0.5, 0.6) is 0 Å². The molecule has 1 aromatic carbocycles. The standard InChI is InChI=1S/C15H17ClN4O4/c16-10-3-1-2-9(6-10)7-12-18-13(5-4-11(17)15(23)24)20(19-12)8-14(21)22/h1-3,6,11H,4-5,7-8,17H2,(H,21,22)(H,23,24)/t11-/m0/s1. The summed E-state index contributed by atoms with van der Waals surface area (Å²) in [6, 6.07) is 6.17. The van der Waals surface area contributed by atoms with Crippen molar-refractivity contribution in [2.75, 3.05) is 0 Å². The maximum absolute atomic E-state index is 11.0. The molecule has 0 unspecified atom stereocenters. The fraction of sp³-hybridized carbons (Fsp3) is 0.333. The van der Waals surface area contributed by atoms with Crippen molar-refractivity contribution in [2.24, 2.45) is 5.73 Å². The Hall–Kier alpha value is -2.45. The van der Waals surface area contributed by atoms with Gasteiger partial charge in [0.25, 0.3) is 0 Å². The summed E-state index contributed by atoms with van der Waals surface area (Å²) in [5, 5.41) is 22.6. The first-order valence-electron chi connectivity index (χ1n) is 7.22. The van der Waals surface area contributed by atoms with E-state index in [1.165, 1.54) is 4.68 Å². The number of hydrogen-bond donors (Lipinski definition) is 3. The van der Waals surface area contributed by atoms with E-state index < -0.39 is 18.0 Å². The van der Waals surface area contributed by atoms with E-state index in [1.807, 2.05) is 6.07 Å². The minimum Gasteiger partial charge on any atom is -0.480 e. The number of carboxylic acids is 2. The third-order valence-corrected chi connectivity index (χ3v) is 3.56. The van der Waals surface area contributed by atoms with Gasteiger partial charge in [0.1, 0.15) is 18.4 Å². The molecule has 0 aliphatic carbocycles. The van der Waals surface area contributed by atoms with Crippen LogP contribution in [-0.2, 0) is 29.0 Å². The fourth-order valence-corrected chi connectivity index (χ4v) is 2.39. The molecule has 2 rings (SSSR count). The van der Waals surface area contributed by atoms with Crippen molar-refractivity contribution in [3.63, 3.8) is 0 Å². The highest BCUT2D eigenvalue weighted by atomic mass is 35.5. The minimum atomic E-state index is -1.11. The molecule has 0 spiro atoms. The Balaban J connectivity index is 2.17. The van der Waals surface area contributed by atoms with E-state index in [1.54, 1.807) is 18.2 Å². The van der Waals surface area contributed by atoms with Gasteiger partial charge in [-0.15, -0.1) is 0 Å². The zero-order valence-electron chi connectivity index (χ0n) is 12.7. The van der Waals surface area contributed by atoms with Crippen molar-refractivity contribution < 1.29 is 19.8 Å². The van der Waals surface area contributed by atoms with Gasteiger partial charge in [0.2, 0.25) is 0 Å². The SMILES string of the molecule is N[C@@H](CCc1nc(Cc2cccc(Cl)c2)nn1CC(=O)O)C(=O)O. The summed E-state index contributed by atoms with van der Waals surface area (Å²) in [4.78, 5) is 26.1. The highest BCUT2D eigenvalue weighted by Gasteiger charge is 2.17. The van der Waals surface area contributed by atoms with E-state index in [2.05, 4.69) is 10.1 Å². The number of nitrogens with zero attached hydrogens (tertiary/aromatic N) is 3. The molecule has 0 aliphatic rings. The van der Waals surface area contributed by atoms with Crippen LogP contribution in [0.15, 0.2) is 24.3 Å². The first kappa shape index (κ1) is 17.9. The average Bonchev–Trinajstić information content (AvgIpc) is 2.85. The van der Waals surface area contributed by atoms with Crippen molar-refractivity contribution in [1.82, 2.24) is 14.8 Å². The lowest BCUT2D eigenvalue weighted by molar-refractivity contribution is -0.139. The third-order valence-electron chi connectivity index (χ3n) is 3.32. The van der Waals surface area contributed by atoms with Gasteiger partial charge in [-0.2, -0.15) is 5.10 Å². The van der Waals surface area contributed by atoms with Crippen LogP contribution in [0.2, 0.25) is 5.02 Å². The quantitative estimate of drug-likeness (QED) is 0.644. The fourth-order valence-electron chi connectivity index (χ4n) is 2.18. The van der Waals surface area contributed by atoms with Gasteiger partial charge in [-0.05, 0) is 24.1 Å². The van der Waals surface area contributed by atoms with Crippen molar-refractivity contribution >= 4 is 23.5 Å². The highest BCUT2D eigenvalue weighted by molar-refractivity contribution is 6.30. The Morgan fingerprint density at radius 2 is 2.08 bits per heavy atom.